The summed E-state index contributed by atoms with van der Waals surface area (Å²) in [5.74, 6) is -1.97. The zero-order valence-corrected chi connectivity index (χ0v) is 12.4. The van der Waals surface area contributed by atoms with Crippen LogP contribution in [0.4, 0.5) is 0 Å². The number of hydrogen-bond donors (Lipinski definition) is 2. The van der Waals surface area contributed by atoms with Crippen LogP contribution in [0.1, 0.15) is 31.5 Å². The molecule has 1 aromatic rings. The SMILES string of the molecule is C/C=C/Cc1noc(C23CCCN(C2)C3)n1.O=C(O)C(=O)O. The van der Waals surface area contributed by atoms with E-state index in [4.69, 9.17) is 24.3 Å². The average Bonchev–Trinajstić information content (AvgIpc) is 2.94. The summed E-state index contributed by atoms with van der Waals surface area (Å²) in [5, 5.41) is 18.8. The maximum atomic E-state index is 9.10. The number of fused-ring (bicyclic) bond motifs is 2. The number of aromatic nitrogens is 2. The van der Waals surface area contributed by atoms with Crippen LogP contribution in [-0.2, 0) is 21.4 Å². The second-order valence-electron chi connectivity index (χ2n) is 5.49. The number of carbonyl (C=O) groups is 2. The van der Waals surface area contributed by atoms with Crippen LogP contribution in [0.2, 0.25) is 0 Å². The first kappa shape index (κ1) is 16.2. The molecule has 3 aliphatic heterocycles. The highest BCUT2D eigenvalue weighted by Crippen LogP contribution is 2.41. The van der Waals surface area contributed by atoms with E-state index in [9.17, 15) is 0 Å². The lowest BCUT2D eigenvalue weighted by molar-refractivity contribution is -0.159. The van der Waals surface area contributed by atoms with Gasteiger partial charge in [-0.1, -0.05) is 17.3 Å². The van der Waals surface area contributed by atoms with Crippen LogP contribution in [-0.4, -0.2) is 56.8 Å². The summed E-state index contributed by atoms with van der Waals surface area (Å²) in [7, 11) is 0. The molecule has 0 saturated carbocycles. The van der Waals surface area contributed by atoms with Crippen molar-refractivity contribution in [1.29, 1.82) is 0 Å². The normalized spacial score (nSPS) is 26.0. The topological polar surface area (TPSA) is 117 Å². The maximum Gasteiger partial charge on any atom is 0.414 e. The molecule has 0 amide bonds. The molecule has 0 unspecified atom stereocenters. The molecule has 3 saturated heterocycles. The number of allylic oxidation sites excluding steroid dienone is 2. The predicted molar refractivity (Wildman–Crippen MR) is 75.4 cm³/mol. The zero-order chi connectivity index (χ0) is 16.2. The second kappa shape index (κ2) is 6.69. The quantitative estimate of drug-likeness (QED) is 0.618. The van der Waals surface area contributed by atoms with Gasteiger partial charge in [0.1, 0.15) is 0 Å². The van der Waals surface area contributed by atoms with Gasteiger partial charge in [0, 0.05) is 19.5 Å². The lowest BCUT2D eigenvalue weighted by Crippen LogP contribution is -2.63. The molecule has 4 heterocycles. The standard InChI is InChI=1S/C12H17N3O.C2H2O4/c1-2-3-5-10-13-11(16-14-10)12-6-4-7-15(8-12)9-12;3-1(4)2(5)6/h2-3H,4-9H2,1H3;(H,3,4)(H,5,6)/b3-2+;. The number of carboxylic acids is 2. The van der Waals surface area contributed by atoms with Gasteiger partial charge in [0.2, 0.25) is 5.89 Å². The number of hydrogen-bond acceptors (Lipinski definition) is 6. The summed E-state index contributed by atoms with van der Waals surface area (Å²) in [6.45, 7) is 5.46. The minimum atomic E-state index is -1.82. The summed E-state index contributed by atoms with van der Waals surface area (Å²) in [6.07, 6.45) is 7.31. The molecular formula is C14H19N3O5. The van der Waals surface area contributed by atoms with Gasteiger partial charge in [0.15, 0.2) is 5.82 Å². The molecule has 3 aliphatic rings. The Labute approximate surface area is 127 Å². The molecule has 8 nitrogen and oxygen atoms in total. The van der Waals surface area contributed by atoms with Crippen molar-refractivity contribution < 1.29 is 24.3 Å². The van der Waals surface area contributed by atoms with Gasteiger partial charge in [0.25, 0.3) is 0 Å². The van der Waals surface area contributed by atoms with E-state index >= 15 is 0 Å². The van der Waals surface area contributed by atoms with E-state index in [0.717, 1.165) is 31.2 Å². The molecular weight excluding hydrogens is 290 g/mol. The van der Waals surface area contributed by atoms with Crippen molar-refractivity contribution in [3.8, 4) is 0 Å². The van der Waals surface area contributed by atoms with Gasteiger partial charge in [-0.15, -0.1) is 0 Å². The van der Waals surface area contributed by atoms with E-state index in [0.29, 0.717) is 0 Å². The summed E-state index contributed by atoms with van der Waals surface area (Å²) in [4.78, 5) is 25.2. The van der Waals surface area contributed by atoms with Crippen LogP contribution in [0.5, 0.6) is 0 Å². The van der Waals surface area contributed by atoms with Crippen LogP contribution >= 0.6 is 0 Å². The summed E-state index contributed by atoms with van der Waals surface area (Å²) < 4.78 is 5.42. The molecule has 2 bridgehead atoms. The Balaban J connectivity index is 0.000000254. The molecule has 2 N–H and O–H groups in total. The molecule has 4 rings (SSSR count). The number of nitrogens with zero attached hydrogens (tertiary/aromatic N) is 3. The van der Waals surface area contributed by atoms with Crippen molar-refractivity contribution in [3.63, 3.8) is 0 Å². The molecule has 0 spiro atoms. The van der Waals surface area contributed by atoms with Crippen molar-refractivity contribution in [3.05, 3.63) is 23.9 Å². The molecule has 1 aromatic heterocycles. The second-order valence-corrected chi connectivity index (χ2v) is 5.49. The smallest absolute Gasteiger partial charge is 0.414 e. The minimum absolute atomic E-state index is 0.194. The molecule has 0 aliphatic carbocycles. The van der Waals surface area contributed by atoms with Gasteiger partial charge in [0.05, 0.1) is 5.41 Å². The van der Waals surface area contributed by atoms with E-state index in [1.165, 1.54) is 19.4 Å². The number of rotatable bonds is 3. The Morgan fingerprint density at radius 2 is 2.05 bits per heavy atom. The van der Waals surface area contributed by atoms with E-state index < -0.39 is 11.9 Å². The van der Waals surface area contributed by atoms with E-state index in [2.05, 4.69) is 21.1 Å². The first-order chi connectivity index (χ1) is 10.5. The molecule has 120 valence electrons. The molecule has 0 radical (unpaired) electrons. The van der Waals surface area contributed by atoms with Crippen LogP contribution in [0, 0.1) is 0 Å². The van der Waals surface area contributed by atoms with E-state index in [-0.39, 0.29) is 5.41 Å². The monoisotopic (exact) mass is 309 g/mol. The van der Waals surface area contributed by atoms with Crippen LogP contribution in [0.25, 0.3) is 0 Å². The average molecular weight is 309 g/mol. The maximum absolute atomic E-state index is 9.10. The van der Waals surface area contributed by atoms with Crippen LogP contribution < -0.4 is 0 Å². The van der Waals surface area contributed by atoms with Gasteiger partial charge in [-0.3, -0.25) is 0 Å². The molecule has 8 heteroatoms. The first-order valence-electron chi connectivity index (χ1n) is 7.09. The van der Waals surface area contributed by atoms with E-state index in [1.54, 1.807) is 0 Å². The fourth-order valence-corrected chi connectivity index (χ4v) is 2.78. The van der Waals surface area contributed by atoms with Gasteiger partial charge in [-0.05, 0) is 26.3 Å². The highest BCUT2D eigenvalue weighted by atomic mass is 16.5. The van der Waals surface area contributed by atoms with E-state index in [1.807, 2.05) is 13.0 Å². The van der Waals surface area contributed by atoms with Crippen molar-refractivity contribution in [2.45, 2.75) is 31.6 Å². The van der Waals surface area contributed by atoms with Crippen LogP contribution in [0.15, 0.2) is 16.7 Å². The third kappa shape index (κ3) is 3.51. The zero-order valence-electron chi connectivity index (χ0n) is 12.4. The molecule has 22 heavy (non-hydrogen) atoms. The van der Waals surface area contributed by atoms with Gasteiger partial charge < -0.3 is 19.6 Å². The fraction of sp³-hybridized carbons (Fsp3) is 0.571. The van der Waals surface area contributed by atoms with Gasteiger partial charge in [-0.25, -0.2) is 9.59 Å². The van der Waals surface area contributed by atoms with Gasteiger partial charge in [-0.2, -0.15) is 4.98 Å². The predicted octanol–water partition coefficient (Wildman–Crippen LogP) is 0.691. The largest absolute Gasteiger partial charge is 0.473 e. The summed E-state index contributed by atoms with van der Waals surface area (Å²) in [6, 6.07) is 0. The first-order valence-corrected chi connectivity index (χ1v) is 7.09. The molecule has 0 atom stereocenters. The third-order valence-electron chi connectivity index (χ3n) is 3.82. The number of piperidine rings is 2. The highest BCUT2D eigenvalue weighted by Gasteiger charge is 2.50. The Hall–Kier alpha value is -2.22. The summed E-state index contributed by atoms with van der Waals surface area (Å²) >= 11 is 0. The lowest BCUT2D eigenvalue weighted by Gasteiger charge is -2.52. The Morgan fingerprint density at radius 1 is 1.36 bits per heavy atom. The Morgan fingerprint density at radius 3 is 2.55 bits per heavy atom. The van der Waals surface area contributed by atoms with Crippen molar-refractivity contribution in [2.24, 2.45) is 0 Å². The van der Waals surface area contributed by atoms with Crippen LogP contribution in [0.3, 0.4) is 0 Å². The number of aliphatic carboxylic acids is 2. The van der Waals surface area contributed by atoms with Crippen molar-refractivity contribution in [2.75, 3.05) is 19.6 Å². The highest BCUT2D eigenvalue weighted by molar-refractivity contribution is 6.27. The van der Waals surface area contributed by atoms with Gasteiger partial charge >= 0.3 is 11.9 Å². The Kier molecular flexibility index (Phi) is 4.92. The van der Waals surface area contributed by atoms with Crippen molar-refractivity contribution in [1.82, 2.24) is 15.0 Å². The number of carboxylic acid groups (broad SMARTS) is 2. The third-order valence-corrected chi connectivity index (χ3v) is 3.82. The lowest BCUT2D eigenvalue weighted by atomic mass is 9.72. The molecule has 3 fully saturated rings. The van der Waals surface area contributed by atoms with Crippen molar-refractivity contribution >= 4 is 11.9 Å². The minimum Gasteiger partial charge on any atom is -0.473 e. The molecule has 0 aromatic carbocycles. The fourth-order valence-electron chi connectivity index (χ4n) is 2.78. The summed E-state index contributed by atoms with van der Waals surface area (Å²) in [5.41, 5.74) is 0.194. The Bertz CT molecular complexity index is 557.